The Hall–Kier alpha value is -3.39. The van der Waals surface area contributed by atoms with Crippen LogP contribution in [0.25, 0.3) is 11.1 Å². The van der Waals surface area contributed by atoms with Gasteiger partial charge in [-0.1, -0.05) is 55.5 Å². The molecule has 8 nitrogen and oxygen atoms in total. The Bertz CT molecular complexity index is 1030. The number of carbonyl (C=O) groups is 3. The first kappa shape index (κ1) is 23.8. The Morgan fingerprint density at radius 1 is 1.12 bits per heavy atom. The Morgan fingerprint density at radius 3 is 2.35 bits per heavy atom. The summed E-state index contributed by atoms with van der Waals surface area (Å²) in [6.45, 7) is 2.45. The fourth-order valence-corrected chi connectivity index (χ4v) is 4.76. The Balaban J connectivity index is 1.24. The first-order chi connectivity index (χ1) is 16.3. The monoisotopic (exact) mass is 466 g/mol. The summed E-state index contributed by atoms with van der Waals surface area (Å²) < 4.78 is 11.2. The summed E-state index contributed by atoms with van der Waals surface area (Å²) in [6, 6.07) is 16.3. The van der Waals surface area contributed by atoms with Gasteiger partial charge in [0.15, 0.2) is 0 Å². The molecule has 180 valence electrons. The number of alkyl carbamates (subject to hydrolysis) is 1. The number of fused-ring (bicyclic) bond motifs is 3. The van der Waals surface area contributed by atoms with E-state index in [0.29, 0.717) is 6.42 Å². The number of nitrogens with zero attached hydrogens (tertiary/aromatic N) is 1. The van der Waals surface area contributed by atoms with E-state index in [1.54, 1.807) is 14.0 Å². The van der Waals surface area contributed by atoms with Gasteiger partial charge in [-0.3, -0.25) is 9.59 Å². The molecular weight excluding hydrogens is 436 g/mol. The van der Waals surface area contributed by atoms with Crippen molar-refractivity contribution in [2.24, 2.45) is 11.8 Å². The van der Waals surface area contributed by atoms with Gasteiger partial charge in [0.1, 0.15) is 6.61 Å². The molecule has 3 atom stereocenters. The lowest BCUT2D eigenvalue weighted by Gasteiger charge is -2.22. The van der Waals surface area contributed by atoms with Crippen LogP contribution >= 0.6 is 0 Å². The molecule has 1 fully saturated rings. The lowest BCUT2D eigenvalue weighted by molar-refractivity contribution is -0.143. The molecule has 2 aromatic rings. The van der Waals surface area contributed by atoms with Crippen LogP contribution in [-0.4, -0.2) is 67.4 Å². The van der Waals surface area contributed by atoms with E-state index in [1.807, 2.05) is 24.3 Å². The number of carbonyl (C=O) groups excluding carboxylic acids is 2. The van der Waals surface area contributed by atoms with Gasteiger partial charge < -0.3 is 24.8 Å². The molecule has 2 amide bonds. The molecule has 1 heterocycles. The molecule has 0 aromatic heterocycles. The molecular formula is C26H30N2O6. The third-order valence-electron chi connectivity index (χ3n) is 6.59. The molecule has 1 aliphatic carbocycles. The zero-order chi connectivity index (χ0) is 24.2. The molecule has 2 aromatic carbocycles. The van der Waals surface area contributed by atoms with Gasteiger partial charge in [0.05, 0.1) is 24.5 Å². The van der Waals surface area contributed by atoms with Crippen LogP contribution in [0.3, 0.4) is 0 Å². The first-order valence-corrected chi connectivity index (χ1v) is 11.5. The van der Waals surface area contributed by atoms with Crippen molar-refractivity contribution < 1.29 is 29.0 Å². The highest BCUT2D eigenvalue weighted by molar-refractivity contribution is 5.80. The van der Waals surface area contributed by atoms with Gasteiger partial charge in [0.2, 0.25) is 5.91 Å². The summed E-state index contributed by atoms with van der Waals surface area (Å²) in [4.78, 5) is 37.4. The number of nitrogens with one attached hydrogen (secondary N) is 1. The summed E-state index contributed by atoms with van der Waals surface area (Å²) in [5.74, 6) is -2.07. The van der Waals surface area contributed by atoms with E-state index in [1.165, 1.54) is 16.0 Å². The van der Waals surface area contributed by atoms with Crippen LogP contribution in [0.1, 0.15) is 30.4 Å². The highest BCUT2D eigenvalue weighted by Crippen LogP contribution is 2.44. The number of aliphatic carboxylic acids is 1. The number of rotatable bonds is 8. The standard InChI is InChI=1S/C26H30N2O6/c1-16(25(30)31)13-28(2)24(29)17-11-18(33-14-17)12-27-26(32)34-15-23-21-9-5-3-7-19(21)20-8-4-6-10-22(20)23/h3-10,16-18,23H,11-15H2,1-2H3,(H,27,32)(H,30,31)/t16?,17-,18-/m0/s1. The number of hydrogen-bond donors (Lipinski definition) is 2. The van der Waals surface area contributed by atoms with Crippen LogP contribution in [0.15, 0.2) is 48.5 Å². The lowest BCUT2D eigenvalue weighted by atomic mass is 9.98. The van der Waals surface area contributed by atoms with Gasteiger partial charge in [-0.15, -0.1) is 0 Å². The van der Waals surface area contributed by atoms with Crippen molar-refractivity contribution in [1.82, 2.24) is 10.2 Å². The molecule has 0 bridgehead atoms. The van der Waals surface area contributed by atoms with Gasteiger partial charge in [-0.05, 0) is 28.7 Å². The fraction of sp³-hybridized carbons (Fsp3) is 0.423. The predicted molar refractivity (Wildman–Crippen MR) is 125 cm³/mol. The highest BCUT2D eigenvalue weighted by atomic mass is 16.5. The van der Waals surface area contributed by atoms with Crippen LogP contribution < -0.4 is 5.32 Å². The van der Waals surface area contributed by atoms with Gasteiger partial charge in [-0.2, -0.15) is 0 Å². The summed E-state index contributed by atoms with van der Waals surface area (Å²) in [6.07, 6.45) is -0.346. The number of carboxylic acid groups (broad SMARTS) is 1. The second-order valence-corrected chi connectivity index (χ2v) is 9.05. The summed E-state index contributed by atoms with van der Waals surface area (Å²) in [5.41, 5.74) is 4.64. The number of benzene rings is 2. The number of hydrogen-bond acceptors (Lipinski definition) is 5. The number of carboxylic acids is 1. The van der Waals surface area contributed by atoms with Gasteiger partial charge in [0.25, 0.3) is 0 Å². The molecule has 1 aliphatic heterocycles. The molecule has 1 saturated heterocycles. The summed E-state index contributed by atoms with van der Waals surface area (Å²) in [7, 11) is 1.60. The number of amides is 2. The smallest absolute Gasteiger partial charge is 0.407 e. The van der Waals surface area contributed by atoms with Crippen LogP contribution in [-0.2, 0) is 19.1 Å². The van der Waals surface area contributed by atoms with Crippen LogP contribution in [0, 0.1) is 11.8 Å². The van der Waals surface area contributed by atoms with Crippen molar-refractivity contribution in [2.75, 3.05) is 33.4 Å². The van der Waals surface area contributed by atoms with Crippen LogP contribution in [0.2, 0.25) is 0 Å². The maximum absolute atomic E-state index is 12.6. The van der Waals surface area contributed by atoms with Crippen molar-refractivity contribution in [3.8, 4) is 11.1 Å². The van der Waals surface area contributed by atoms with Crippen molar-refractivity contribution in [1.29, 1.82) is 0 Å². The van der Waals surface area contributed by atoms with E-state index in [-0.39, 0.29) is 50.2 Å². The quantitative estimate of drug-likeness (QED) is 0.619. The fourth-order valence-electron chi connectivity index (χ4n) is 4.76. The van der Waals surface area contributed by atoms with E-state index in [0.717, 1.165) is 11.1 Å². The SMILES string of the molecule is CC(CN(C)C(=O)[C@@H]1CO[C@H](CNC(=O)OCC2c3ccccc3-c3ccccc32)C1)C(=O)O. The van der Waals surface area contributed by atoms with E-state index in [2.05, 4.69) is 29.6 Å². The number of ether oxygens (including phenoxy) is 2. The molecule has 0 saturated carbocycles. The summed E-state index contributed by atoms with van der Waals surface area (Å²) >= 11 is 0. The maximum atomic E-state index is 12.6. The van der Waals surface area contributed by atoms with E-state index in [9.17, 15) is 14.4 Å². The van der Waals surface area contributed by atoms with Crippen molar-refractivity contribution >= 4 is 18.0 Å². The van der Waals surface area contributed by atoms with E-state index < -0.39 is 18.0 Å². The Labute approximate surface area is 198 Å². The largest absolute Gasteiger partial charge is 0.481 e. The van der Waals surface area contributed by atoms with E-state index in [4.69, 9.17) is 14.6 Å². The van der Waals surface area contributed by atoms with Gasteiger partial charge >= 0.3 is 12.1 Å². The molecule has 0 radical (unpaired) electrons. The zero-order valence-corrected chi connectivity index (χ0v) is 19.4. The van der Waals surface area contributed by atoms with Crippen molar-refractivity contribution in [3.05, 3.63) is 59.7 Å². The van der Waals surface area contributed by atoms with Gasteiger partial charge in [-0.25, -0.2) is 4.79 Å². The molecule has 8 heteroatoms. The molecule has 2 N–H and O–H groups in total. The minimum atomic E-state index is -0.938. The molecule has 2 aliphatic rings. The topological polar surface area (TPSA) is 105 Å². The zero-order valence-electron chi connectivity index (χ0n) is 19.4. The Morgan fingerprint density at radius 2 is 1.74 bits per heavy atom. The highest BCUT2D eigenvalue weighted by Gasteiger charge is 2.34. The van der Waals surface area contributed by atoms with Crippen LogP contribution in [0.5, 0.6) is 0 Å². The minimum absolute atomic E-state index is 0.00777. The van der Waals surface area contributed by atoms with Gasteiger partial charge in [0, 0.05) is 26.1 Å². The average Bonchev–Trinajstić information content (AvgIpc) is 3.44. The third kappa shape index (κ3) is 5.07. The third-order valence-corrected chi connectivity index (χ3v) is 6.59. The maximum Gasteiger partial charge on any atom is 0.407 e. The summed E-state index contributed by atoms with van der Waals surface area (Å²) in [5, 5.41) is 11.8. The second-order valence-electron chi connectivity index (χ2n) is 9.05. The normalized spacial score (nSPS) is 19.7. The van der Waals surface area contributed by atoms with Crippen molar-refractivity contribution in [3.63, 3.8) is 0 Å². The van der Waals surface area contributed by atoms with Crippen molar-refractivity contribution in [2.45, 2.75) is 25.4 Å². The lowest BCUT2D eigenvalue weighted by Crippen LogP contribution is -2.38. The second kappa shape index (κ2) is 10.3. The Kier molecular flexibility index (Phi) is 7.17. The minimum Gasteiger partial charge on any atom is -0.481 e. The molecule has 4 rings (SSSR count). The molecule has 0 spiro atoms. The average molecular weight is 467 g/mol. The molecule has 1 unspecified atom stereocenters. The van der Waals surface area contributed by atoms with Crippen LogP contribution in [0.4, 0.5) is 4.79 Å². The van der Waals surface area contributed by atoms with E-state index >= 15 is 0 Å². The predicted octanol–water partition coefficient (Wildman–Crippen LogP) is 3.11. The first-order valence-electron chi connectivity index (χ1n) is 11.5. The molecule has 34 heavy (non-hydrogen) atoms.